The third-order valence-corrected chi connectivity index (χ3v) is 2.95. The minimum atomic E-state index is 0.219. The van der Waals surface area contributed by atoms with Crippen LogP contribution in [-0.4, -0.2) is 34.2 Å². The van der Waals surface area contributed by atoms with Gasteiger partial charge in [-0.1, -0.05) is 19.9 Å². The summed E-state index contributed by atoms with van der Waals surface area (Å²) in [6, 6.07) is 4.59. The van der Waals surface area contributed by atoms with Crippen LogP contribution in [0.15, 0.2) is 24.5 Å². The van der Waals surface area contributed by atoms with Gasteiger partial charge in [0.15, 0.2) is 0 Å². The molecule has 3 heteroatoms. The number of nitrogens with zero attached hydrogens (tertiary/aromatic N) is 2. The van der Waals surface area contributed by atoms with Crippen LogP contribution in [0.4, 0.5) is 0 Å². The number of hydrogen-bond acceptors (Lipinski definition) is 3. The average Bonchev–Trinajstić information content (AvgIpc) is 2.32. The average molecular weight is 222 g/mol. The number of pyridine rings is 1. The fraction of sp³-hybridized carbons (Fsp3) is 0.615. The van der Waals surface area contributed by atoms with Gasteiger partial charge in [-0.2, -0.15) is 0 Å². The van der Waals surface area contributed by atoms with Gasteiger partial charge in [0, 0.05) is 31.5 Å². The lowest BCUT2D eigenvalue weighted by Crippen LogP contribution is -2.36. The minimum Gasteiger partial charge on any atom is -0.395 e. The van der Waals surface area contributed by atoms with Crippen LogP contribution in [0.3, 0.4) is 0 Å². The van der Waals surface area contributed by atoms with Crippen LogP contribution >= 0.6 is 0 Å². The van der Waals surface area contributed by atoms with Gasteiger partial charge in [0.25, 0.3) is 0 Å². The monoisotopic (exact) mass is 222 g/mol. The van der Waals surface area contributed by atoms with Crippen LogP contribution < -0.4 is 0 Å². The number of hydrogen-bond donors (Lipinski definition) is 1. The van der Waals surface area contributed by atoms with Crippen molar-refractivity contribution in [3.8, 4) is 0 Å². The number of aromatic nitrogens is 1. The van der Waals surface area contributed by atoms with E-state index in [1.165, 1.54) is 5.56 Å². The van der Waals surface area contributed by atoms with Crippen molar-refractivity contribution in [1.82, 2.24) is 9.88 Å². The summed E-state index contributed by atoms with van der Waals surface area (Å²) in [6.07, 6.45) is 5.93. The molecule has 0 aliphatic carbocycles. The molecule has 1 aromatic heterocycles. The van der Waals surface area contributed by atoms with Crippen molar-refractivity contribution in [3.63, 3.8) is 0 Å². The summed E-state index contributed by atoms with van der Waals surface area (Å²) in [5, 5.41) is 9.10. The molecule has 0 spiro atoms. The van der Waals surface area contributed by atoms with Gasteiger partial charge in [-0.25, -0.2) is 0 Å². The van der Waals surface area contributed by atoms with Crippen LogP contribution in [0.1, 0.15) is 32.3 Å². The minimum absolute atomic E-state index is 0.219. The van der Waals surface area contributed by atoms with Gasteiger partial charge in [0.1, 0.15) is 0 Å². The smallest absolute Gasteiger partial charge is 0.0558 e. The zero-order valence-corrected chi connectivity index (χ0v) is 10.3. The molecule has 0 atom stereocenters. The molecule has 16 heavy (non-hydrogen) atoms. The van der Waals surface area contributed by atoms with E-state index >= 15 is 0 Å². The van der Waals surface area contributed by atoms with E-state index in [9.17, 15) is 0 Å². The molecule has 1 N–H and O–H groups in total. The molecule has 0 fully saturated rings. The van der Waals surface area contributed by atoms with Crippen molar-refractivity contribution in [2.75, 3.05) is 13.2 Å². The first-order valence-electron chi connectivity index (χ1n) is 6.05. The Morgan fingerprint density at radius 1 is 1.38 bits per heavy atom. The summed E-state index contributed by atoms with van der Waals surface area (Å²) >= 11 is 0. The fourth-order valence-electron chi connectivity index (χ4n) is 2.05. The van der Waals surface area contributed by atoms with Gasteiger partial charge in [-0.15, -0.1) is 0 Å². The van der Waals surface area contributed by atoms with E-state index in [2.05, 4.69) is 29.8 Å². The molecule has 3 nitrogen and oxygen atoms in total. The molecule has 90 valence electrons. The van der Waals surface area contributed by atoms with Crippen molar-refractivity contribution >= 4 is 0 Å². The highest BCUT2D eigenvalue weighted by Crippen LogP contribution is 2.12. The van der Waals surface area contributed by atoms with E-state index in [-0.39, 0.29) is 6.61 Å². The molecule has 1 heterocycles. The van der Waals surface area contributed by atoms with Crippen LogP contribution in [-0.2, 0) is 6.54 Å². The standard InChI is InChI=1S/C13H22N2O/c1-3-13(4-2)15(8-9-16)11-12-6-5-7-14-10-12/h5-7,10,13,16H,3-4,8-9,11H2,1-2H3. The number of aliphatic hydroxyl groups excluding tert-OH is 1. The molecule has 0 aromatic carbocycles. The maximum atomic E-state index is 9.10. The summed E-state index contributed by atoms with van der Waals surface area (Å²) in [5.41, 5.74) is 1.21. The molecular weight excluding hydrogens is 200 g/mol. The summed E-state index contributed by atoms with van der Waals surface area (Å²) in [5.74, 6) is 0. The van der Waals surface area contributed by atoms with Gasteiger partial charge >= 0.3 is 0 Å². The Balaban J connectivity index is 2.63. The molecule has 0 saturated carbocycles. The first-order chi connectivity index (χ1) is 7.81. The van der Waals surface area contributed by atoms with Gasteiger partial charge in [-0.3, -0.25) is 9.88 Å². The van der Waals surface area contributed by atoms with E-state index in [0.717, 1.165) is 25.9 Å². The Morgan fingerprint density at radius 3 is 2.62 bits per heavy atom. The first kappa shape index (κ1) is 13.1. The molecule has 1 aromatic rings. The highest BCUT2D eigenvalue weighted by Gasteiger charge is 2.14. The highest BCUT2D eigenvalue weighted by atomic mass is 16.3. The second kappa shape index (κ2) is 7.36. The van der Waals surface area contributed by atoms with E-state index in [1.807, 2.05) is 12.3 Å². The van der Waals surface area contributed by atoms with Gasteiger partial charge in [-0.05, 0) is 24.5 Å². The fourth-order valence-corrected chi connectivity index (χ4v) is 2.05. The van der Waals surface area contributed by atoms with E-state index in [1.54, 1.807) is 6.20 Å². The quantitative estimate of drug-likeness (QED) is 0.767. The molecule has 0 bridgehead atoms. The number of rotatable bonds is 7. The lowest BCUT2D eigenvalue weighted by atomic mass is 10.1. The largest absolute Gasteiger partial charge is 0.395 e. The molecule has 0 radical (unpaired) electrons. The normalized spacial score (nSPS) is 11.3. The Morgan fingerprint density at radius 2 is 2.12 bits per heavy atom. The maximum absolute atomic E-state index is 9.10. The van der Waals surface area contributed by atoms with Crippen molar-refractivity contribution in [3.05, 3.63) is 30.1 Å². The van der Waals surface area contributed by atoms with Crippen LogP contribution in [0.25, 0.3) is 0 Å². The molecule has 0 amide bonds. The molecule has 0 aliphatic rings. The van der Waals surface area contributed by atoms with Crippen molar-refractivity contribution < 1.29 is 5.11 Å². The van der Waals surface area contributed by atoms with Crippen LogP contribution in [0, 0.1) is 0 Å². The second-order valence-corrected chi connectivity index (χ2v) is 4.03. The summed E-state index contributed by atoms with van der Waals surface area (Å²) in [6.45, 7) is 6.22. The van der Waals surface area contributed by atoms with Gasteiger partial charge < -0.3 is 5.11 Å². The summed E-state index contributed by atoms with van der Waals surface area (Å²) in [4.78, 5) is 6.45. The maximum Gasteiger partial charge on any atom is 0.0558 e. The predicted molar refractivity (Wildman–Crippen MR) is 66.1 cm³/mol. The lowest BCUT2D eigenvalue weighted by Gasteiger charge is -2.29. The molecule has 1 rings (SSSR count). The predicted octanol–water partition coefficient (Wildman–Crippen LogP) is 2.06. The molecule has 0 aliphatic heterocycles. The topological polar surface area (TPSA) is 36.4 Å². The Hall–Kier alpha value is -0.930. The van der Waals surface area contributed by atoms with Gasteiger partial charge in [0.05, 0.1) is 6.61 Å². The Kier molecular flexibility index (Phi) is 6.04. The molecular formula is C13H22N2O. The van der Waals surface area contributed by atoms with Crippen molar-refractivity contribution in [1.29, 1.82) is 0 Å². The summed E-state index contributed by atoms with van der Waals surface area (Å²) < 4.78 is 0. The number of aliphatic hydroxyl groups is 1. The Bertz CT molecular complexity index is 273. The van der Waals surface area contributed by atoms with Crippen LogP contribution in [0.5, 0.6) is 0 Å². The molecule has 0 unspecified atom stereocenters. The van der Waals surface area contributed by atoms with E-state index in [0.29, 0.717) is 6.04 Å². The highest BCUT2D eigenvalue weighted by molar-refractivity contribution is 5.08. The van der Waals surface area contributed by atoms with Crippen molar-refractivity contribution in [2.24, 2.45) is 0 Å². The zero-order valence-electron chi connectivity index (χ0n) is 10.3. The van der Waals surface area contributed by atoms with E-state index in [4.69, 9.17) is 5.11 Å². The third kappa shape index (κ3) is 3.91. The SMILES string of the molecule is CCC(CC)N(CCO)Cc1cccnc1. The second-order valence-electron chi connectivity index (χ2n) is 4.03. The summed E-state index contributed by atoms with van der Waals surface area (Å²) in [7, 11) is 0. The third-order valence-electron chi connectivity index (χ3n) is 2.95. The zero-order chi connectivity index (χ0) is 11.8. The van der Waals surface area contributed by atoms with E-state index < -0.39 is 0 Å². The Labute approximate surface area is 98.1 Å². The van der Waals surface area contributed by atoms with Crippen molar-refractivity contribution in [2.45, 2.75) is 39.3 Å². The lowest BCUT2D eigenvalue weighted by molar-refractivity contribution is 0.136. The molecule has 0 saturated heterocycles. The van der Waals surface area contributed by atoms with Crippen LogP contribution in [0.2, 0.25) is 0 Å². The van der Waals surface area contributed by atoms with Gasteiger partial charge in [0.2, 0.25) is 0 Å². The first-order valence-corrected chi connectivity index (χ1v) is 6.05.